The smallest absolute Gasteiger partial charge is 0.307 e. The van der Waals surface area contributed by atoms with Crippen LogP contribution in [0.3, 0.4) is 0 Å². The number of fused-ring (bicyclic) bond motifs is 1. The fraction of sp³-hybridized carbons (Fsp3) is 0.222. The number of hydrogen-bond donors (Lipinski definition) is 1. The number of carboxylic acids is 1. The summed E-state index contributed by atoms with van der Waals surface area (Å²) in [6, 6.07) is 1.75. The van der Waals surface area contributed by atoms with Gasteiger partial charge in [-0.05, 0) is 11.6 Å². The molecule has 14 heavy (non-hydrogen) atoms. The van der Waals surface area contributed by atoms with E-state index >= 15 is 0 Å². The molecule has 0 saturated heterocycles. The molecule has 0 saturated carbocycles. The van der Waals surface area contributed by atoms with Gasteiger partial charge >= 0.3 is 5.97 Å². The molecule has 0 radical (unpaired) electrons. The summed E-state index contributed by atoms with van der Waals surface area (Å²) >= 11 is 0. The quantitative estimate of drug-likeness (QED) is 0.754. The van der Waals surface area contributed by atoms with E-state index in [0.29, 0.717) is 5.56 Å². The van der Waals surface area contributed by atoms with Crippen LogP contribution in [0.5, 0.6) is 0 Å². The van der Waals surface area contributed by atoms with Gasteiger partial charge in [0.2, 0.25) is 0 Å². The average molecular weight is 191 g/mol. The van der Waals surface area contributed by atoms with Crippen LogP contribution in [0.15, 0.2) is 18.6 Å². The van der Waals surface area contributed by atoms with Crippen LogP contribution in [0.1, 0.15) is 5.56 Å². The van der Waals surface area contributed by atoms with E-state index in [1.807, 2.05) is 7.05 Å². The molecule has 0 spiro atoms. The predicted molar refractivity (Wildman–Crippen MR) is 49.8 cm³/mol. The van der Waals surface area contributed by atoms with Crippen molar-refractivity contribution < 1.29 is 9.90 Å². The Morgan fingerprint density at radius 2 is 2.36 bits per heavy atom. The lowest BCUT2D eigenvalue weighted by Gasteiger charge is -1.96. The van der Waals surface area contributed by atoms with Gasteiger partial charge in [-0.25, -0.2) is 9.97 Å². The van der Waals surface area contributed by atoms with Gasteiger partial charge in [0, 0.05) is 13.2 Å². The average Bonchev–Trinajstić information content (AvgIpc) is 2.46. The van der Waals surface area contributed by atoms with E-state index in [0.717, 1.165) is 11.2 Å². The first-order valence-corrected chi connectivity index (χ1v) is 4.14. The Bertz CT molecular complexity index is 490. The molecule has 72 valence electrons. The van der Waals surface area contributed by atoms with Crippen molar-refractivity contribution in [2.24, 2.45) is 7.05 Å². The molecule has 2 rings (SSSR count). The molecule has 2 heterocycles. The number of carboxylic acid groups (broad SMARTS) is 1. The molecule has 0 fully saturated rings. The third kappa shape index (κ3) is 1.44. The molecule has 0 atom stereocenters. The zero-order valence-corrected chi connectivity index (χ0v) is 7.64. The molecule has 0 aliphatic carbocycles. The Hall–Kier alpha value is -1.91. The number of hydrogen-bond acceptors (Lipinski definition) is 3. The normalized spacial score (nSPS) is 10.6. The molecule has 0 aromatic carbocycles. The zero-order chi connectivity index (χ0) is 10.1. The SMILES string of the molecule is Cn1cnc2cc(CC(=O)O)cnc21. The van der Waals surface area contributed by atoms with Gasteiger partial charge in [0.25, 0.3) is 0 Å². The molecular weight excluding hydrogens is 182 g/mol. The molecule has 2 aromatic heterocycles. The van der Waals surface area contributed by atoms with Gasteiger partial charge < -0.3 is 9.67 Å². The number of aliphatic carboxylic acids is 1. The van der Waals surface area contributed by atoms with E-state index < -0.39 is 5.97 Å². The molecule has 5 heteroatoms. The van der Waals surface area contributed by atoms with Crippen LogP contribution in [0.4, 0.5) is 0 Å². The van der Waals surface area contributed by atoms with Crippen molar-refractivity contribution in [2.75, 3.05) is 0 Å². The van der Waals surface area contributed by atoms with Gasteiger partial charge in [-0.2, -0.15) is 0 Å². The highest BCUT2D eigenvalue weighted by atomic mass is 16.4. The van der Waals surface area contributed by atoms with E-state index in [2.05, 4.69) is 9.97 Å². The van der Waals surface area contributed by atoms with Gasteiger partial charge in [0.1, 0.15) is 5.52 Å². The second kappa shape index (κ2) is 3.10. The van der Waals surface area contributed by atoms with E-state index in [9.17, 15) is 4.79 Å². The van der Waals surface area contributed by atoms with Crippen LogP contribution < -0.4 is 0 Å². The van der Waals surface area contributed by atoms with Gasteiger partial charge in [-0.3, -0.25) is 4.79 Å². The third-order valence-corrected chi connectivity index (χ3v) is 1.96. The highest BCUT2D eigenvalue weighted by Gasteiger charge is 2.05. The summed E-state index contributed by atoms with van der Waals surface area (Å²) < 4.78 is 1.79. The number of rotatable bonds is 2. The highest BCUT2D eigenvalue weighted by molar-refractivity contribution is 5.75. The monoisotopic (exact) mass is 191 g/mol. The van der Waals surface area contributed by atoms with E-state index in [1.165, 1.54) is 0 Å². The summed E-state index contributed by atoms with van der Waals surface area (Å²) in [4.78, 5) is 18.7. The Morgan fingerprint density at radius 1 is 1.57 bits per heavy atom. The minimum absolute atomic E-state index is 0.0144. The van der Waals surface area contributed by atoms with Crippen molar-refractivity contribution in [2.45, 2.75) is 6.42 Å². The highest BCUT2D eigenvalue weighted by Crippen LogP contribution is 2.10. The molecule has 0 amide bonds. The van der Waals surface area contributed by atoms with Crippen molar-refractivity contribution in [3.8, 4) is 0 Å². The van der Waals surface area contributed by atoms with Crippen LogP contribution in [0.2, 0.25) is 0 Å². The summed E-state index contributed by atoms with van der Waals surface area (Å²) in [7, 11) is 1.85. The van der Waals surface area contributed by atoms with Crippen molar-refractivity contribution in [1.82, 2.24) is 14.5 Å². The van der Waals surface area contributed by atoms with Crippen molar-refractivity contribution >= 4 is 17.1 Å². The minimum atomic E-state index is -0.859. The molecule has 0 aliphatic heterocycles. The van der Waals surface area contributed by atoms with Crippen molar-refractivity contribution in [3.63, 3.8) is 0 Å². The van der Waals surface area contributed by atoms with Gasteiger partial charge in [-0.15, -0.1) is 0 Å². The topological polar surface area (TPSA) is 68.0 Å². The summed E-state index contributed by atoms with van der Waals surface area (Å²) in [6.45, 7) is 0. The second-order valence-electron chi connectivity index (χ2n) is 3.11. The molecule has 2 aromatic rings. The number of carbonyl (C=O) groups is 1. The lowest BCUT2D eigenvalue weighted by molar-refractivity contribution is -0.136. The van der Waals surface area contributed by atoms with Crippen LogP contribution in [0.25, 0.3) is 11.2 Å². The Labute approximate surface area is 80.0 Å². The fourth-order valence-electron chi connectivity index (χ4n) is 1.33. The van der Waals surface area contributed by atoms with Gasteiger partial charge in [-0.1, -0.05) is 0 Å². The van der Waals surface area contributed by atoms with Gasteiger partial charge in [0.15, 0.2) is 5.65 Å². The second-order valence-corrected chi connectivity index (χ2v) is 3.11. The van der Waals surface area contributed by atoms with Crippen LogP contribution in [-0.2, 0) is 18.3 Å². The fourth-order valence-corrected chi connectivity index (χ4v) is 1.33. The predicted octanol–water partition coefficient (Wildman–Crippen LogP) is 0.595. The summed E-state index contributed by atoms with van der Waals surface area (Å²) in [5.41, 5.74) is 2.16. The Kier molecular flexibility index (Phi) is 1.92. The number of aromatic nitrogens is 3. The Morgan fingerprint density at radius 3 is 3.07 bits per heavy atom. The summed E-state index contributed by atoms with van der Waals surface area (Å²) in [5.74, 6) is -0.859. The number of imidazole rings is 1. The first kappa shape index (κ1) is 8.68. The Balaban J connectivity index is 2.46. The third-order valence-electron chi connectivity index (χ3n) is 1.96. The van der Waals surface area contributed by atoms with Crippen LogP contribution in [0, 0.1) is 0 Å². The first-order chi connectivity index (χ1) is 6.66. The lowest BCUT2D eigenvalue weighted by atomic mass is 10.2. The minimum Gasteiger partial charge on any atom is -0.481 e. The number of aryl methyl sites for hydroxylation is 1. The first-order valence-electron chi connectivity index (χ1n) is 4.14. The molecule has 0 aliphatic rings. The molecule has 0 bridgehead atoms. The number of pyridine rings is 1. The summed E-state index contributed by atoms with van der Waals surface area (Å²) in [5, 5.41) is 8.59. The maximum Gasteiger partial charge on any atom is 0.307 e. The number of nitrogens with zero attached hydrogens (tertiary/aromatic N) is 3. The molecule has 5 nitrogen and oxygen atoms in total. The maximum atomic E-state index is 10.5. The lowest BCUT2D eigenvalue weighted by Crippen LogP contribution is -2.00. The molecular formula is C9H9N3O2. The standard InChI is InChI=1S/C9H9N3O2/c1-12-5-11-7-2-6(3-8(13)14)4-10-9(7)12/h2,4-5H,3H2,1H3,(H,13,14). The van der Waals surface area contributed by atoms with Crippen molar-refractivity contribution in [3.05, 3.63) is 24.2 Å². The van der Waals surface area contributed by atoms with E-state index in [1.54, 1.807) is 23.2 Å². The largest absolute Gasteiger partial charge is 0.481 e. The molecule has 0 unspecified atom stereocenters. The van der Waals surface area contributed by atoms with Crippen LogP contribution >= 0.6 is 0 Å². The van der Waals surface area contributed by atoms with E-state index in [-0.39, 0.29) is 6.42 Å². The van der Waals surface area contributed by atoms with Crippen molar-refractivity contribution in [1.29, 1.82) is 0 Å². The maximum absolute atomic E-state index is 10.5. The van der Waals surface area contributed by atoms with Crippen LogP contribution in [-0.4, -0.2) is 25.6 Å². The van der Waals surface area contributed by atoms with Gasteiger partial charge in [0.05, 0.1) is 12.7 Å². The molecule has 1 N–H and O–H groups in total. The van der Waals surface area contributed by atoms with E-state index in [4.69, 9.17) is 5.11 Å². The summed E-state index contributed by atoms with van der Waals surface area (Å²) in [6.07, 6.45) is 3.21. The zero-order valence-electron chi connectivity index (χ0n) is 7.64.